The van der Waals surface area contributed by atoms with Crippen LogP contribution >= 0.6 is 0 Å². The molecule has 2 heterocycles. The van der Waals surface area contributed by atoms with E-state index >= 15 is 0 Å². The molecule has 4 nitrogen and oxygen atoms in total. The molecule has 0 saturated carbocycles. The topological polar surface area (TPSA) is 56.2 Å². The third kappa shape index (κ3) is 2.32. The van der Waals surface area contributed by atoms with E-state index in [4.69, 9.17) is 5.73 Å². The zero-order valence-electron chi connectivity index (χ0n) is 10.3. The average molecular weight is 256 g/mol. The highest BCUT2D eigenvalue weighted by molar-refractivity contribution is 5.62. The molecule has 96 valence electrons. The number of hydrogen-bond donors (Lipinski definition) is 1. The fourth-order valence-corrected chi connectivity index (χ4v) is 1.99. The quantitative estimate of drug-likeness (QED) is 0.780. The van der Waals surface area contributed by atoms with E-state index in [0.717, 1.165) is 23.2 Å². The number of aromatic nitrogens is 3. The first-order valence-electron chi connectivity index (χ1n) is 6.06. The number of nitrogens with two attached hydrogens (primary N) is 1. The van der Waals surface area contributed by atoms with Crippen molar-refractivity contribution < 1.29 is 4.39 Å². The first-order valence-corrected chi connectivity index (χ1v) is 6.06. The monoisotopic (exact) mass is 256 g/mol. The van der Waals surface area contributed by atoms with Crippen molar-refractivity contribution >= 4 is 5.78 Å². The molecule has 0 saturated heterocycles. The van der Waals surface area contributed by atoms with Gasteiger partial charge in [0.05, 0.1) is 5.69 Å². The summed E-state index contributed by atoms with van der Waals surface area (Å²) in [4.78, 5) is 8.66. The molecule has 0 spiro atoms. The first-order chi connectivity index (χ1) is 9.26. The fourth-order valence-electron chi connectivity index (χ4n) is 1.99. The van der Waals surface area contributed by atoms with Crippen molar-refractivity contribution in [3.63, 3.8) is 0 Å². The summed E-state index contributed by atoms with van der Waals surface area (Å²) in [6, 6.07) is 6.34. The predicted octanol–water partition coefficient (Wildman–Crippen LogP) is 2.04. The number of benzene rings is 1. The Morgan fingerprint density at radius 2 is 1.89 bits per heavy atom. The lowest BCUT2D eigenvalue weighted by molar-refractivity contribution is 0.628. The van der Waals surface area contributed by atoms with Crippen LogP contribution in [0.3, 0.4) is 0 Å². The Balaban J connectivity index is 2.03. The molecule has 0 amide bonds. The molecule has 0 radical (unpaired) electrons. The van der Waals surface area contributed by atoms with Crippen LogP contribution in [0, 0.1) is 5.82 Å². The standard InChI is InChI=1S/C14H13FN4/c15-12-3-1-10(2-4-12)11-7-17-14-18-13(5-6-16)9-19(14)8-11/h1-4,7-9H,5-6,16H2. The molecule has 0 atom stereocenters. The first kappa shape index (κ1) is 11.8. The minimum absolute atomic E-state index is 0.245. The SMILES string of the molecule is NCCc1cn2cc(-c3ccc(F)cc3)cnc2n1. The van der Waals surface area contributed by atoms with E-state index in [1.807, 2.05) is 16.8 Å². The van der Waals surface area contributed by atoms with Crippen LogP contribution in [0.2, 0.25) is 0 Å². The summed E-state index contributed by atoms with van der Waals surface area (Å²) < 4.78 is 14.8. The van der Waals surface area contributed by atoms with Gasteiger partial charge in [0.2, 0.25) is 5.78 Å². The molecular weight excluding hydrogens is 243 g/mol. The highest BCUT2D eigenvalue weighted by Gasteiger charge is 2.04. The van der Waals surface area contributed by atoms with Gasteiger partial charge in [-0.25, -0.2) is 14.4 Å². The van der Waals surface area contributed by atoms with Gasteiger partial charge in [0, 0.05) is 30.6 Å². The van der Waals surface area contributed by atoms with Gasteiger partial charge in [-0.15, -0.1) is 0 Å². The van der Waals surface area contributed by atoms with E-state index < -0.39 is 0 Å². The molecule has 0 bridgehead atoms. The second-order valence-corrected chi connectivity index (χ2v) is 4.33. The van der Waals surface area contributed by atoms with Gasteiger partial charge in [-0.2, -0.15) is 0 Å². The summed E-state index contributed by atoms with van der Waals surface area (Å²) in [5, 5.41) is 0. The van der Waals surface area contributed by atoms with Crippen molar-refractivity contribution in [2.75, 3.05) is 6.54 Å². The molecule has 2 aromatic heterocycles. The number of rotatable bonds is 3. The van der Waals surface area contributed by atoms with E-state index in [0.29, 0.717) is 12.3 Å². The highest BCUT2D eigenvalue weighted by atomic mass is 19.1. The van der Waals surface area contributed by atoms with Crippen molar-refractivity contribution in [3.05, 3.63) is 54.4 Å². The second kappa shape index (κ2) is 4.78. The Kier molecular flexibility index (Phi) is 2.97. The number of halogens is 1. The third-order valence-electron chi connectivity index (χ3n) is 2.94. The van der Waals surface area contributed by atoms with Crippen LogP contribution in [-0.2, 0) is 6.42 Å². The minimum atomic E-state index is -0.245. The minimum Gasteiger partial charge on any atom is -0.330 e. The Hall–Kier alpha value is -2.27. The zero-order chi connectivity index (χ0) is 13.2. The third-order valence-corrected chi connectivity index (χ3v) is 2.94. The lowest BCUT2D eigenvalue weighted by Crippen LogP contribution is -2.02. The summed E-state index contributed by atoms with van der Waals surface area (Å²) in [5.41, 5.74) is 8.28. The van der Waals surface area contributed by atoms with Gasteiger partial charge in [0.1, 0.15) is 5.82 Å². The molecule has 0 fully saturated rings. The molecule has 3 rings (SSSR count). The van der Waals surface area contributed by atoms with Gasteiger partial charge in [-0.1, -0.05) is 12.1 Å². The van der Waals surface area contributed by atoms with Gasteiger partial charge < -0.3 is 5.73 Å². The maximum atomic E-state index is 12.9. The van der Waals surface area contributed by atoms with Crippen molar-refractivity contribution in [2.45, 2.75) is 6.42 Å². The van der Waals surface area contributed by atoms with Crippen LogP contribution in [0.5, 0.6) is 0 Å². The van der Waals surface area contributed by atoms with Crippen molar-refractivity contribution in [1.82, 2.24) is 14.4 Å². The Morgan fingerprint density at radius 3 is 2.63 bits per heavy atom. The number of fused-ring (bicyclic) bond motifs is 1. The smallest absolute Gasteiger partial charge is 0.233 e. The van der Waals surface area contributed by atoms with Crippen LogP contribution in [0.25, 0.3) is 16.9 Å². The molecule has 1 aromatic carbocycles. The number of imidazole rings is 1. The molecule has 0 aliphatic heterocycles. The maximum absolute atomic E-state index is 12.9. The Labute approximate surface area is 109 Å². The molecule has 3 aromatic rings. The fraction of sp³-hybridized carbons (Fsp3) is 0.143. The molecular formula is C14H13FN4. The van der Waals surface area contributed by atoms with E-state index in [1.54, 1.807) is 18.3 Å². The van der Waals surface area contributed by atoms with E-state index in [1.165, 1.54) is 12.1 Å². The van der Waals surface area contributed by atoms with Crippen molar-refractivity contribution in [2.24, 2.45) is 5.73 Å². The van der Waals surface area contributed by atoms with Gasteiger partial charge in [0.25, 0.3) is 0 Å². The summed E-state index contributed by atoms with van der Waals surface area (Å²) in [7, 11) is 0. The second-order valence-electron chi connectivity index (χ2n) is 4.33. The molecule has 5 heteroatoms. The Morgan fingerprint density at radius 1 is 1.11 bits per heavy atom. The molecule has 0 unspecified atom stereocenters. The summed E-state index contributed by atoms with van der Waals surface area (Å²) in [6.45, 7) is 0.564. The van der Waals surface area contributed by atoms with Crippen molar-refractivity contribution in [3.8, 4) is 11.1 Å². The van der Waals surface area contributed by atoms with Gasteiger partial charge in [0.15, 0.2) is 0 Å². The normalized spacial score (nSPS) is 11.1. The van der Waals surface area contributed by atoms with Crippen LogP contribution in [0.1, 0.15) is 5.69 Å². The van der Waals surface area contributed by atoms with E-state index in [-0.39, 0.29) is 5.82 Å². The average Bonchev–Trinajstić information content (AvgIpc) is 2.81. The lowest BCUT2D eigenvalue weighted by Gasteiger charge is -2.01. The van der Waals surface area contributed by atoms with Crippen LogP contribution < -0.4 is 5.73 Å². The molecule has 2 N–H and O–H groups in total. The number of hydrogen-bond acceptors (Lipinski definition) is 3. The molecule has 19 heavy (non-hydrogen) atoms. The highest BCUT2D eigenvalue weighted by Crippen LogP contribution is 2.19. The van der Waals surface area contributed by atoms with Crippen LogP contribution in [0.15, 0.2) is 42.9 Å². The number of nitrogens with zero attached hydrogens (tertiary/aromatic N) is 3. The Bertz CT molecular complexity index is 703. The van der Waals surface area contributed by atoms with E-state index in [9.17, 15) is 4.39 Å². The lowest BCUT2D eigenvalue weighted by atomic mass is 10.1. The van der Waals surface area contributed by atoms with Crippen LogP contribution in [0.4, 0.5) is 4.39 Å². The van der Waals surface area contributed by atoms with Gasteiger partial charge in [-0.3, -0.25) is 4.40 Å². The molecule has 0 aliphatic carbocycles. The summed E-state index contributed by atoms with van der Waals surface area (Å²) in [5.74, 6) is 0.403. The predicted molar refractivity (Wildman–Crippen MR) is 71.1 cm³/mol. The van der Waals surface area contributed by atoms with Gasteiger partial charge >= 0.3 is 0 Å². The molecule has 0 aliphatic rings. The zero-order valence-corrected chi connectivity index (χ0v) is 10.3. The van der Waals surface area contributed by atoms with Crippen LogP contribution in [-0.4, -0.2) is 20.9 Å². The van der Waals surface area contributed by atoms with E-state index in [2.05, 4.69) is 9.97 Å². The maximum Gasteiger partial charge on any atom is 0.233 e. The summed E-state index contributed by atoms with van der Waals surface area (Å²) in [6.07, 6.45) is 6.32. The van der Waals surface area contributed by atoms with Gasteiger partial charge in [-0.05, 0) is 24.2 Å². The van der Waals surface area contributed by atoms with Crippen molar-refractivity contribution in [1.29, 1.82) is 0 Å². The largest absolute Gasteiger partial charge is 0.330 e. The summed E-state index contributed by atoms with van der Waals surface area (Å²) >= 11 is 0.